The molecule has 0 unspecified atom stereocenters. The lowest BCUT2D eigenvalue weighted by atomic mass is 10.2. The van der Waals surface area contributed by atoms with Crippen molar-refractivity contribution in [2.75, 3.05) is 24.6 Å². The second-order valence-corrected chi connectivity index (χ2v) is 9.52. The Kier molecular flexibility index (Phi) is 8.54. The molecule has 0 aliphatic rings. The molecule has 0 atom stereocenters. The third-order valence-corrected chi connectivity index (χ3v) is 5.27. The fourth-order valence-corrected chi connectivity index (χ4v) is 2.99. The molecular formula is C18H20N4O8S2. The van der Waals surface area contributed by atoms with E-state index in [9.17, 15) is 26.4 Å². The molecule has 2 aromatic rings. The van der Waals surface area contributed by atoms with Crippen molar-refractivity contribution in [3.63, 3.8) is 0 Å². The normalized spacial score (nSPS) is 11.9. The van der Waals surface area contributed by atoms with Crippen LogP contribution in [0.2, 0.25) is 0 Å². The molecule has 0 bridgehead atoms. The SMILES string of the molecule is O=C(NCCS(=O)(=O)O)c1ccc(N=Nc2ccc(C(=O)NCCS(=O)(=O)O)cc2)cc1. The molecule has 12 nitrogen and oxygen atoms in total. The number of benzene rings is 2. The maximum atomic E-state index is 11.9. The van der Waals surface area contributed by atoms with Crippen molar-refractivity contribution in [2.45, 2.75) is 0 Å². The first kappa shape index (κ1) is 25.1. The van der Waals surface area contributed by atoms with Crippen LogP contribution in [0.15, 0.2) is 58.8 Å². The minimum absolute atomic E-state index is 0.228. The van der Waals surface area contributed by atoms with Crippen LogP contribution in [0.25, 0.3) is 0 Å². The first-order chi connectivity index (χ1) is 14.9. The highest BCUT2D eigenvalue weighted by Crippen LogP contribution is 2.19. The zero-order valence-corrected chi connectivity index (χ0v) is 18.1. The fourth-order valence-electron chi connectivity index (χ4n) is 2.27. The summed E-state index contributed by atoms with van der Waals surface area (Å²) in [6, 6.07) is 12.0. The molecule has 2 aromatic carbocycles. The molecule has 172 valence electrons. The molecular weight excluding hydrogens is 464 g/mol. The van der Waals surface area contributed by atoms with Gasteiger partial charge >= 0.3 is 0 Å². The number of hydrogen-bond donors (Lipinski definition) is 4. The highest BCUT2D eigenvalue weighted by atomic mass is 32.2. The topological polar surface area (TPSA) is 192 Å². The number of amides is 2. The van der Waals surface area contributed by atoms with Crippen molar-refractivity contribution in [1.29, 1.82) is 0 Å². The van der Waals surface area contributed by atoms with Crippen molar-refractivity contribution in [1.82, 2.24) is 10.6 Å². The van der Waals surface area contributed by atoms with E-state index in [0.717, 1.165) is 0 Å². The largest absolute Gasteiger partial charge is 0.351 e. The predicted octanol–water partition coefficient (Wildman–Crippen LogP) is 1.34. The number of nitrogens with zero attached hydrogens (tertiary/aromatic N) is 2. The summed E-state index contributed by atoms with van der Waals surface area (Å²) in [5.41, 5.74) is 1.41. The van der Waals surface area contributed by atoms with Crippen LogP contribution in [0.1, 0.15) is 20.7 Å². The minimum atomic E-state index is -4.16. The zero-order valence-electron chi connectivity index (χ0n) is 16.5. The molecule has 0 saturated heterocycles. The van der Waals surface area contributed by atoms with Gasteiger partial charge in [-0.2, -0.15) is 27.1 Å². The van der Waals surface area contributed by atoms with Crippen molar-refractivity contribution in [3.05, 3.63) is 59.7 Å². The Morgan fingerprint density at radius 3 is 1.25 bits per heavy atom. The van der Waals surface area contributed by atoms with Gasteiger partial charge in [-0.1, -0.05) is 0 Å². The third-order valence-electron chi connectivity index (χ3n) is 3.83. The summed E-state index contributed by atoms with van der Waals surface area (Å²) in [7, 11) is -8.31. The van der Waals surface area contributed by atoms with Crippen LogP contribution < -0.4 is 10.6 Å². The number of azo groups is 1. The molecule has 0 aliphatic heterocycles. The Hall–Kier alpha value is -3.20. The quantitative estimate of drug-likeness (QED) is 0.286. The Balaban J connectivity index is 1.90. The van der Waals surface area contributed by atoms with Crippen LogP contribution in [0.5, 0.6) is 0 Å². The van der Waals surface area contributed by atoms with Crippen LogP contribution in [0, 0.1) is 0 Å². The monoisotopic (exact) mass is 484 g/mol. The third kappa shape index (κ3) is 9.30. The molecule has 0 fully saturated rings. The Morgan fingerprint density at radius 1 is 0.656 bits per heavy atom. The molecule has 0 spiro atoms. The summed E-state index contributed by atoms with van der Waals surface area (Å²) < 4.78 is 59.9. The van der Waals surface area contributed by atoms with Crippen LogP contribution >= 0.6 is 0 Å². The fraction of sp³-hybridized carbons (Fsp3) is 0.222. The maximum Gasteiger partial charge on any atom is 0.266 e. The molecule has 0 saturated carbocycles. The van der Waals surface area contributed by atoms with E-state index in [1.807, 2.05) is 0 Å². The standard InChI is InChI=1S/C18H20N4O8S2/c23-17(19-9-11-31(25,26)27)13-1-5-15(6-2-13)21-22-16-7-3-14(4-8-16)18(24)20-10-12-32(28,29)30/h1-8H,9-12H2,(H,19,23)(H,20,24)(H,25,26,27)(H,28,29,30). The lowest BCUT2D eigenvalue weighted by molar-refractivity contribution is 0.0947. The summed E-state index contributed by atoms with van der Waals surface area (Å²) in [6.45, 7) is -0.457. The summed E-state index contributed by atoms with van der Waals surface area (Å²) in [5.74, 6) is -2.20. The van der Waals surface area contributed by atoms with Crippen molar-refractivity contribution in [3.8, 4) is 0 Å². The number of carbonyl (C=O) groups is 2. The lowest BCUT2D eigenvalue weighted by Crippen LogP contribution is -2.28. The molecule has 2 rings (SSSR count). The summed E-state index contributed by atoms with van der Waals surface area (Å²) in [5, 5.41) is 12.7. The Morgan fingerprint density at radius 2 is 0.969 bits per heavy atom. The second kappa shape index (κ2) is 10.9. The molecule has 0 radical (unpaired) electrons. The van der Waals surface area contributed by atoms with E-state index in [-0.39, 0.29) is 24.2 Å². The van der Waals surface area contributed by atoms with E-state index in [4.69, 9.17) is 9.11 Å². The van der Waals surface area contributed by atoms with Gasteiger partial charge in [0.25, 0.3) is 32.1 Å². The van der Waals surface area contributed by atoms with E-state index in [0.29, 0.717) is 11.4 Å². The first-order valence-electron chi connectivity index (χ1n) is 9.01. The average Bonchev–Trinajstić information content (AvgIpc) is 2.71. The van der Waals surface area contributed by atoms with Gasteiger partial charge in [0.2, 0.25) is 0 Å². The minimum Gasteiger partial charge on any atom is -0.351 e. The number of rotatable bonds is 10. The molecule has 14 heteroatoms. The molecule has 2 amide bonds. The Bertz CT molecular complexity index is 1100. The van der Waals surface area contributed by atoms with Gasteiger partial charge in [0.05, 0.1) is 22.9 Å². The number of nitrogens with one attached hydrogen (secondary N) is 2. The summed E-state index contributed by atoms with van der Waals surface area (Å²) in [4.78, 5) is 23.8. The lowest BCUT2D eigenvalue weighted by Gasteiger charge is -2.04. The highest BCUT2D eigenvalue weighted by molar-refractivity contribution is 7.86. The number of hydrogen-bond acceptors (Lipinski definition) is 8. The van der Waals surface area contributed by atoms with E-state index in [1.165, 1.54) is 48.5 Å². The predicted molar refractivity (Wildman–Crippen MR) is 115 cm³/mol. The van der Waals surface area contributed by atoms with Gasteiger partial charge in [0, 0.05) is 24.2 Å². The van der Waals surface area contributed by atoms with Gasteiger partial charge < -0.3 is 10.6 Å². The second-order valence-electron chi connectivity index (χ2n) is 6.38. The van der Waals surface area contributed by atoms with Crippen molar-refractivity contribution < 1.29 is 35.5 Å². The maximum absolute atomic E-state index is 11.9. The van der Waals surface area contributed by atoms with Crippen molar-refractivity contribution in [2.24, 2.45) is 10.2 Å². The summed E-state index contributed by atoms with van der Waals surface area (Å²) in [6.07, 6.45) is 0. The van der Waals surface area contributed by atoms with Gasteiger partial charge in [-0.05, 0) is 48.5 Å². The van der Waals surface area contributed by atoms with E-state index >= 15 is 0 Å². The molecule has 4 N–H and O–H groups in total. The molecule has 32 heavy (non-hydrogen) atoms. The van der Waals surface area contributed by atoms with Crippen molar-refractivity contribution >= 4 is 43.4 Å². The van der Waals surface area contributed by atoms with Crippen LogP contribution in [-0.4, -0.2) is 62.4 Å². The molecule has 0 heterocycles. The van der Waals surface area contributed by atoms with Gasteiger partial charge in [-0.15, -0.1) is 0 Å². The summed E-state index contributed by atoms with van der Waals surface area (Å²) >= 11 is 0. The van der Waals surface area contributed by atoms with E-state index in [1.54, 1.807) is 0 Å². The Labute approximate surface area is 184 Å². The molecule has 0 aromatic heterocycles. The van der Waals surface area contributed by atoms with E-state index < -0.39 is 43.6 Å². The van der Waals surface area contributed by atoms with Gasteiger partial charge in [-0.25, -0.2) is 0 Å². The number of carbonyl (C=O) groups excluding carboxylic acids is 2. The van der Waals surface area contributed by atoms with E-state index in [2.05, 4.69) is 20.9 Å². The van der Waals surface area contributed by atoms with Gasteiger partial charge in [0.15, 0.2) is 0 Å². The first-order valence-corrected chi connectivity index (χ1v) is 12.2. The molecule has 0 aliphatic carbocycles. The smallest absolute Gasteiger partial charge is 0.266 e. The van der Waals surface area contributed by atoms with Crippen LogP contribution in [0.3, 0.4) is 0 Å². The highest BCUT2D eigenvalue weighted by Gasteiger charge is 2.09. The van der Waals surface area contributed by atoms with Gasteiger partial charge in [0.1, 0.15) is 0 Å². The van der Waals surface area contributed by atoms with Crippen LogP contribution in [0.4, 0.5) is 11.4 Å². The average molecular weight is 485 g/mol. The van der Waals surface area contributed by atoms with Crippen LogP contribution in [-0.2, 0) is 20.2 Å². The zero-order chi connectivity index (χ0) is 23.8. The van der Waals surface area contributed by atoms with Gasteiger partial charge in [-0.3, -0.25) is 18.7 Å².